The molecule has 2 bridgehead atoms. The van der Waals surface area contributed by atoms with E-state index in [-0.39, 0.29) is 18.0 Å². The lowest BCUT2D eigenvalue weighted by molar-refractivity contribution is -0.0480. The van der Waals surface area contributed by atoms with E-state index in [1.807, 2.05) is 27.9 Å². The number of carbonyl (C=O) groups is 1. The van der Waals surface area contributed by atoms with Crippen LogP contribution in [0.1, 0.15) is 41.0 Å². The van der Waals surface area contributed by atoms with E-state index in [1.54, 1.807) is 23.7 Å². The Morgan fingerprint density at radius 1 is 1.31 bits per heavy atom. The number of rotatable bonds is 3. The lowest BCUT2D eigenvalue weighted by Crippen LogP contribution is -2.51. The second-order valence-corrected chi connectivity index (χ2v) is 8.87. The summed E-state index contributed by atoms with van der Waals surface area (Å²) in [6, 6.07) is 2.10. The van der Waals surface area contributed by atoms with Gasteiger partial charge in [0.1, 0.15) is 10.6 Å². The maximum atomic E-state index is 13.2. The molecule has 5 heterocycles. The van der Waals surface area contributed by atoms with Crippen LogP contribution >= 0.6 is 22.7 Å². The molecule has 134 valence electrons. The lowest BCUT2D eigenvalue weighted by Gasteiger charge is -2.42. The van der Waals surface area contributed by atoms with Crippen LogP contribution in [0.5, 0.6) is 0 Å². The topological polar surface area (TPSA) is 82.1 Å². The molecule has 2 N–H and O–H groups in total. The first-order valence-corrected chi connectivity index (χ1v) is 10.4. The summed E-state index contributed by atoms with van der Waals surface area (Å²) in [4.78, 5) is 20.5. The van der Waals surface area contributed by atoms with Gasteiger partial charge in [0.25, 0.3) is 5.91 Å². The normalized spacial score (nSPS) is 27.8. The van der Waals surface area contributed by atoms with Crippen LogP contribution in [-0.2, 0) is 5.60 Å². The van der Waals surface area contributed by atoms with Crippen molar-refractivity contribution in [2.24, 2.45) is 0 Å². The summed E-state index contributed by atoms with van der Waals surface area (Å²) in [7, 11) is 0. The summed E-state index contributed by atoms with van der Waals surface area (Å²) in [6.07, 6.45) is 8.37. The number of carbonyl (C=O) groups excluding carboxylic acids is 1. The van der Waals surface area contributed by atoms with Crippen LogP contribution in [0.2, 0.25) is 0 Å². The zero-order valence-electron chi connectivity index (χ0n) is 14.0. The maximum Gasteiger partial charge on any atom is 0.255 e. The van der Waals surface area contributed by atoms with Crippen LogP contribution < -0.4 is 0 Å². The number of nitrogens with one attached hydrogen (secondary N) is 1. The number of fused-ring (bicyclic) bond motifs is 2. The highest BCUT2D eigenvalue weighted by Gasteiger charge is 2.51. The van der Waals surface area contributed by atoms with E-state index >= 15 is 0 Å². The Morgan fingerprint density at radius 2 is 2.12 bits per heavy atom. The third-order valence-corrected chi connectivity index (χ3v) is 7.41. The molecule has 6 nitrogen and oxygen atoms in total. The standard InChI is InChI=1S/C18H18N4O2S2/c23-16(11-5-15(26-10-11)12-8-20-21-9-12)22-13-1-2-14(22)7-18(24,6-13)17-19-3-4-25-17/h3-5,8-10,13-14,24H,1-2,6-7H2,(H,20,21). The van der Waals surface area contributed by atoms with Gasteiger partial charge in [-0.3, -0.25) is 9.89 Å². The molecule has 26 heavy (non-hydrogen) atoms. The maximum absolute atomic E-state index is 13.2. The van der Waals surface area contributed by atoms with Crippen LogP contribution in [0.15, 0.2) is 35.4 Å². The van der Waals surface area contributed by atoms with E-state index in [9.17, 15) is 9.90 Å². The Hall–Kier alpha value is -2.03. The number of aromatic amines is 1. The molecule has 2 fully saturated rings. The smallest absolute Gasteiger partial charge is 0.255 e. The van der Waals surface area contributed by atoms with Crippen molar-refractivity contribution in [1.29, 1.82) is 0 Å². The van der Waals surface area contributed by atoms with Gasteiger partial charge in [-0.25, -0.2) is 4.98 Å². The van der Waals surface area contributed by atoms with E-state index in [2.05, 4.69) is 15.2 Å². The molecule has 0 aromatic carbocycles. The van der Waals surface area contributed by atoms with Crippen molar-refractivity contribution < 1.29 is 9.90 Å². The summed E-state index contributed by atoms with van der Waals surface area (Å²) >= 11 is 3.05. The quantitative estimate of drug-likeness (QED) is 0.724. The van der Waals surface area contributed by atoms with Crippen molar-refractivity contribution >= 4 is 28.6 Å². The van der Waals surface area contributed by atoms with E-state index < -0.39 is 5.60 Å². The minimum Gasteiger partial charge on any atom is -0.383 e. The number of nitrogens with zero attached hydrogens (tertiary/aromatic N) is 3. The van der Waals surface area contributed by atoms with Crippen molar-refractivity contribution in [3.63, 3.8) is 0 Å². The zero-order valence-corrected chi connectivity index (χ0v) is 15.6. The lowest BCUT2D eigenvalue weighted by atomic mass is 9.86. The fourth-order valence-electron chi connectivity index (χ4n) is 4.32. The number of thiophene rings is 1. The summed E-state index contributed by atoms with van der Waals surface area (Å²) in [5.41, 5.74) is 0.824. The molecule has 2 atom stereocenters. The van der Waals surface area contributed by atoms with Crippen LogP contribution in [0.25, 0.3) is 10.4 Å². The summed E-state index contributed by atoms with van der Waals surface area (Å²) in [5, 5.41) is 22.5. The number of amides is 1. The van der Waals surface area contributed by atoms with Gasteiger partial charge >= 0.3 is 0 Å². The largest absolute Gasteiger partial charge is 0.383 e. The molecule has 0 aliphatic carbocycles. The molecule has 5 rings (SSSR count). The van der Waals surface area contributed by atoms with Gasteiger partial charge in [-0.15, -0.1) is 22.7 Å². The second-order valence-electron chi connectivity index (χ2n) is 7.06. The molecule has 2 aliphatic rings. The summed E-state index contributed by atoms with van der Waals surface area (Å²) < 4.78 is 0. The Bertz CT molecular complexity index is 905. The average molecular weight is 387 g/mol. The van der Waals surface area contributed by atoms with Gasteiger partial charge in [0.05, 0.1) is 11.8 Å². The number of H-pyrrole nitrogens is 1. The predicted molar refractivity (Wildman–Crippen MR) is 100 cm³/mol. The molecule has 3 aromatic rings. The highest BCUT2D eigenvalue weighted by molar-refractivity contribution is 7.13. The molecule has 8 heteroatoms. The van der Waals surface area contributed by atoms with Gasteiger partial charge in [0.15, 0.2) is 0 Å². The van der Waals surface area contributed by atoms with Gasteiger partial charge < -0.3 is 10.0 Å². The van der Waals surface area contributed by atoms with Gasteiger partial charge in [0, 0.05) is 58.5 Å². The van der Waals surface area contributed by atoms with Crippen molar-refractivity contribution in [2.45, 2.75) is 43.4 Å². The van der Waals surface area contributed by atoms with Crippen LogP contribution in [0.4, 0.5) is 0 Å². The fourth-order valence-corrected chi connectivity index (χ4v) is 5.94. The van der Waals surface area contributed by atoms with E-state index in [0.29, 0.717) is 12.8 Å². The highest BCUT2D eigenvalue weighted by Crippen LogP contribution is 2.46. The Kier molecular flexibility index (Phi) is 3.73. The van der Waals surface area contributed by atoms with Crippen LogP contribution in [0.3, 0.4) is 0 Å². The number of hydrogen-bond acceptors (Lipinski definition) is 6. The third kappa shape index (κ3) is 2.52. The molecule has 2 unspecified atom stereocenters. The minimum absolute atomic E-state index is 0.0738. The SMILES string of the molecule is O=C(c1csc(-c2cn[nH]c2)c1)N1C2CCC1CC(O)(c1nccs1)C2. The summed E-state index contributed by atoms with van der Waals surface area (Å²) in [6.45, 7) is 0. The Balaban J connectivity index is 1.39. The minimum atomic E-state index is -0.895. The first-order chi connectivity index (χ1) is 12.6. The van der Waals surface area contributed by atoms with Crippen LogP contribution in [0, 0.1) is 0 Å². The molecule has 0 radical (unpaired) electrons. The molecule has 3 aromatic heterocycles. The number of hydrogen-bond donors (Lipinski definition) is 2. The van der Waals surface area contributed by atoms with Crippen molar-refractivity contribution in [2.75, 3.05) is 0 Å². The van der Waals surface area contributed by atoms with Gasteiger partial charge in [0.2, 0.25) is 0 Å². The number of piperidine rings is 1. The fraction of sp³-hybridized carbons (Fsp3) is 0.389. The first-order valence-electron chi connectivity index (χ1n) is 8.67. The highest BCUT2D eigenvalue weighted by atomic mass is 32.1. The van der Waals surface area contributed by atoms with Crippen molar-refractivity contribution in [3.8, 4) is 10.4 Å². The van der Waals surface area contributed by atoms with Gasteiger partial charge in [-0.1, -0.05) is 0 Å². The second kappa shape index (κ2) is 6.00. The number of aromatic nitrogens is 3. The van der Waals surface area contributed by atoms with E-state index in [4.69, 9.17) is 0 Å². The van der Waals surface area contributed by atoms with Crippen molar-refractivity contribution in [3.05, 3.63) is 46.0 Å². The van der Waals surface area contributed by atoms with Gasteiger partial charge in [-0.2, -0.15) is 5.10 Å². The Labute approximate surface area is 158 Å². The molecule has 2 aliphatic heterocycles. The summed E-state index contributed by atoms with van der Waals surface area (Å²) in [5.74, 6) is 0.0738. The average Bonchev–Trinajstić information content (AvgIpc) is 3.41. The molecule has 0 spiro atoms. The predicted octanol–water partition coefficient (Wildman–Crippen LogP) is 3.25. The molecular formula is C18H18N4O2S2. The number of aliphatic hydroxyl groups is 1. The molecular weight excluding hydrogens is 368 g/mol. The van der Waals surface area contributed by atoms with E-state index in [0.717, 1.165) is 33.9 Å². The van der Waals surface area contributed by atoms with E-state index in [1.165, 1.54) is 11.3 Å². The number of thiazole rings is 1. The molecule has 0 saturated carbocycles. The van der Waals surface area contributed by atoms with Crippen LogP contribution in [-0.4, -0.2) is 43.2 Å². The first kappa shape index (κ1) is 16.2. The molecule has 2 saturated heterocycles. The zero-order chi connectivity index (χ0) is 17.7. The monoisotopic (exact) mass is 386 g/mol. The van der Waals surface area contributed by atoms with Gasteiger partial charge in [-0.05, 0) is 18.9 Å². The third-order valence-electron chi connectivity index (χ3n) is 5.46. The molecule has 1 amide bonds. The van der Waals surface area contributed by atoms with Crippen molar-refractivity contribution in [1.82, 2.24) is 20.1 Å². The Morgan fingerprint density at radius 3 is 2.77 bits per heavy atom.